The number of aryl methyl sites for hydroxylation is 1. The van der Waals surface area contributed by atoms with Crippen molar-refractivity contribution < 1.29 is 12.9 Å². The Morgan fingerprint density at radius 3 is 2.67 bits per heavy atom. The summed E-state index contributed by atoms with van der Waals surface area (Å²) in [5.74, 6) is 0.569. The normalized spacial score (nSPS) is 16.9. The Balaban J connectivity index is 1.87. The first-order chi connectivity index (χ1) is 11.4. The topological polar surface area (TPSA) is 86.0 Å². The van der Waals surface area contributed by atoms with E-state index in [0.29, 0.717) is 18.7 Å². The standard InChI is InChI=1S/C17H17N3O3S/c1-11-6-7-13(14-12(11)5-3-10-18-14)15-19-16(20-23-15)17(8-4-9-17)24(2,21)22/h3,5-7,10H,4,8-9H2,1-2H3. The van der Waals surface area contributed by atoms with E-state index in [1.165, 1.54) is 6.26 Å². The van der Waals surface area contributed by atoms with Gasteiger partial charge in [0.2, 0.25) is 0 Å². The van der Waals surface area contributed by atoms with Crippen LogP contribution in [0.5, 0.6) is 0 Å². The van der Waals surface area contributed by atoms with Crippen LogP contribution in [0.4, 0.5) is 0 Å². The highest BCUT2D eigenvalue weighted by molar-refractivity contribution is 7.91. The molecule has 7 heteroatoms. The second-order valence-corrected chi connectivity index (χ2v) is 8.70. The maximum absolute atomic E-state index is 12.2. The first kappa shape index (κ1) is 15.3. The molecule has 0 atom stereocenters. The van der Waals surface area contributed by atoms with Gasteiger partial charge in [0.25, 0.3) is 5.89 Å². The average molecular weight is 343 g/mol. The summed E-state index contributed by atoms with van der Waals surface area (Å²) < 4.78 is 28.8. The molecule has 1 saturated carbocycles. The molecule has 1 aromatic carbocycles. The van der Waals surface area contributed by atoms with E-state index in [2.05, 4.69) is 15.1 Å². The van der Waals surface area contributed by atoms with Gasteiger partial charge in [-0.1, -0.05) is 17.3 Å². The van der Waals surface area contributed by atoms with Crippen molar-refractivity contribution in [3.05, 3.63) is 41.9 Å². The van der Waals surface area contributed by atoms with Crippen LogP contribution in [0.25, 0.3) is 22.4 Å². The lowest BCUT2D eigenvalue weighted by Crippen LogP contribution is -2.42. The van der Waals surface area contributed by atoms with Gasteiger partial charge in [0.15, 0.2) is 15.7 Å². The Morgan fingerprint density at radius 1 is 1.21 bits per heavy atom. The molecule has 0 aliphatic heterocycles. The molecule has 2 heterocycles. The second-order valence-electron chi connectivity index (χ2n) is 6.37. The third kappa shape index (κ3) is 2.07. The summed E-state index contributed by atoms with van der Waals surface area (Å²) in [7, 11) is -3.30. The molecule has 124 valence electrons. The first-order valence-electron chi connectivity index (χ1n) is 7.81. The number of pyridine rings is 1. The highest BCUT2D eigenvalue weighted by Gasteiger charge is 2.51. The van der Waals surface area contributed by atoms with Crippen LogP contribution in [0.15, 0.2) is 35.0 Å². The van der Waals surface area contributed by atoms with Gasteiger partial charge in [0.1, 0.15) is 4.75 Å². The van der Waals surface area contributed by atoms with Crippen molar-refractivity contribution >= 4 is 20.7 Å². The Hall–Kier alpha value is -2.28. The third-order valence-electron chi connectivity index (χ3n) is 4.92. The molecule has 0 unspecified atom stereocenters. The van der Waals surface area contributed by atoms with Crippen molar-refractivity contribution in [3.8, 4) is 11.5 Å². The van der Waals surface area contributed by atoms with Crippen molar-refractivity contribution in [2.24, 2.45) is 0 Å². The quantitative estimate of drug-likeness (QED) is 0.726. The van der Waals surface area contributed by atoms with Crippen molar-refractivity contribution in [1.29, 1.82) is 0 Å². The summed E-state index contributed by atoms with van der Waals surface area (Å²) in [4.78, 5) is 8.85. The Kier molecular flexibility index (Phi) is 3.25. The molecule has 2 aromatic heterocycles. The molecule has 0 amide bonds. The maximum atomic E-state index is 12.2. The van der Waals surface area contributed by atoms with Crippen molar-refractivity contribution in [2.75, 3.05) is 6.26 Å². The van der Waals surface area contributed by atoms with Crippen molar-refractivity contribution in [1.82, 2.24) is 15.1 Å². The highest BCUT2D eigenvalue weighted by atomic mass is 32.2. The summed E-state index contributed by atoms with van der Waals surface area (Å²) >= 11 is 0. The molecule has 0 saturated heterocycles. The number of benzene rings is 1. The van der Waals surface area contributed by atoms with Crippen LogP contribution >= 0.6 is 0 Å². The molecule has 1 aliphatic carbocycles. The Morgan fingerprint density at radius 2 is 2.00 bits per heavy atom. The maximum Gasteiger partial charge on any atom is 0.260 e. The smallest absolute Gasteiger partial charge is 0.260 e. The Bertz CT molecular complexity index is 1040. The number of hydrogen-bond donors (Lipinski definition) is 0. The molecule has 0 N–H and O–H groups in total. The average Bonchev–Trinajstić information content (AvgIpc) is 2.95. The number of rotatable bonds is 3. The van der Waals surface area contributed by atoms with E-state index < -0.39 is 14.6 Å². The SMILES string of the molecule is Cc1ccc(-c2nc(C3(S(C)(=O)=O)CCC3)no2)c2ncccc12. The number of hydrogen-bond acceptors (Lipinski definition) is 6. The van der Waals surface area contributed by atoms with Crippen LogP contribution < -0.4 is 0 Å². The molecule has 3 aromatic rings. The summed E-state index contributed by atoms with van der Waals surface area (Å²) in [6, 6.07) is 7.72. The first-order valence-corrected chi connectivity index (χ1v) is 9.70. The van der Waals surface area contributed by atoms with Crippen LogP contribution in [-0.2, 0) is 14.6 Å². The van der Waals surface area contributed by atoms with Gasteiger partial charge in [-0.3, -0.25) is 4.98 Å². The Labute approximate surface area is 139 Å². The van der Waals surface area contributed by atoms with Gasteiger partial charge in [-0.05, 0) is 43.9 Å². The van der Waals surface area contributed by atoms with Crippen LogP contribution in [0.3, 0.4) is 0 Å². The highest BCUT2D eigenvalue weighted by Crippen LogP contribution is 2.47. The van der Waals surface area contributed by atoms with Crippen LogP contribution in [0.2, 0.25) is 0 Å². The monoisotopic (exact) mass is 343 g/mol. The van der Waals surface area contributed by atoms with Crippen LogP contribution in [0.1, 0.15) is 30.7 Å². The second kappa shape index (κ2) is 5.11. The lowest BCUT2D eigenvalue weighted by molar-refractivity contribution is 0.314. The number of aromatic nitrogens is 3. The van der Waals surface area contributed by atoms with Gasteiger partial charge < -0.3 is 4.52 Å². The van der Waals surface area contributed by atoms with E-state index in [4.69, 9.17) is 4.52 Å². The molecule has 1 aliphatic rings. The molecule has 0 spiro atoms. The molecule has 0 radical (unpaired) electrons. The van der Waals surface area contributed by atoms with Gasteiger partial charge in [-0.2, -0.15) is 4.98 Å². The van der Waals surface area contributed by atoms with Crippen molar-refractivity contribution in [3.63, 3.8) is 0 Å². The lowest BCUT2D eigenvalue weighted by Gasteiger charge is -2.36. The van der Waals surface area contributed by atoms with Gasteiger partial charge in [0.05, 0.1) is 11.1 Å². The fraction of sp³-hybridized carbons (Fsp3) is 0.353. The van der Waals surface area contributed by atoms with Gasteiger partial charge in [-0.25, -0.2) is 8.42 Å². The minimum absolute atomic E-state index is 0.260. The fourth-order valence-electron chi connectivity index (χ4n) is 3.26. The van der Waals surface area contributed by atoms with Crippen LogP contribution in [0, 0.1) is 6.92 Å². The minimum atomic E-state index is -3.30. The summed E-state index contributed by atoms with van der Waals surface area (Å²) in [5.41, 5.74) is 2.60. The number of fused-ring (bicyclic) bond motifs is 1. The number of nitrogens with zero attached hydrogens (tertiary/aromatic N) is 3. The van der Waals surface area contributed by atoms with E-state index in [1.54, 1.807) is 6.20 Å². The zero-order valence-corrected chi connectivity index (χ0v) is 14.3. The van der Waals surface area contributed by atoms with Gasteiger partial charge in [0, 0.05) is 17.8 Å². The van der Waals surface area contributed by atoms with Gasteiger partial charge in [-0.15, -0.1) is 0 Å². The molecule has 0 bridgehead atoms. The van der Waals surface area contributed by atoms with Gasteiger partial charge >= 0.3 is 0 Å². The summed E-state index contributed by atoms with van der Waals surface area (Å²) in [6.45, 7) is 2.01. The van der Waals surface area contributed by atoms with E-state index >= 15 is 0 Å². The molecular weight excluding hydrogens is 326 g/mol. The molecular formula is C17H17N3O3S. The number of sulfone groups is 1. The third-order valence-corrected chi connectivity index (χ3v) is 6.93. The molecule has 4 rings (SSSR count). The zero-order valence-electron chi connectivity index (χ0n) is 13.5. The van der Waals surface area contributed by atoms with E-state index in [-0.39, 0.29) is 5.82 Å². The molecule has 1 fully saturated rings. The van der Waals surface area contributed by atoms with E-state index in [0.717, 1.165) is 28.5 Å². The zero-order chi connectivity index (χ0) is 16.9. The van der Waals surface area contributed by atoms with Crippen molar-refractivity contribution in [2.45, 2.75) is 30.9 Å². The van der Waals surface area contributed by atoms with Crippen LogP contribution in [-0.4, -0.2) is 29.8 Å². The largest absolute Gasteiger partial charge is 0.334 e. The fourth-order valence-corrected chi connectivity index (χ4v) is 4.71. The van der Waals surface area contributed by atoms with E-state index in [9.17, 15) is 8.42 Å². The molecule has 6 nitrogen and oxygen atoms in total. The molecule has 24 heavy (non-hydrogen) atoms. The minimum Gasteiger partial charge on any atom is -0.334 e. The predicted molar refractivity (Wildman–Crippen MR) is 90.1 cm³/mol. The summed E-state index contributed by atoms with van der Waals surface area (Å²) in [5, 5.41) is 5.00. The predicted octanol–water partition coefficient (Wildman–Crippen LogP) is 3.02. The lowest BCUT2D eigenvalue weighted by atomic mass is 9.83. The summed E-state index contributed by atoms with van der Waals surface area (Å²) in [6.07, 6.45) is 4.89. The van der Waals surface area contributed by atoms with E-state index in [1.807, 2.05) is 31.2 Å².